The third-order valence-corrected chi connectivity index (χ3v) is 5.17. The maximum absolute atomic E-state index is 12.3. The molecule has 2 N–H and O–H groups in total. The lowest BCUT2D eigenvalue weighted by molar-refractivity contribution is -0.122. The molecule has 2 aromatic carbocycles. The van der Waals surface area contributed by atoms with Gasteiger partial charge < -0.3 is 10.6 Å². The van der Waals surface area contributed by atoms with Crippen LogP contribution in [-0.4, -0.2) is 11.8 Å². The Hall–Kier alpha value is -1.75. The number of benzene rings is 2. The quantitative estimate of drug-likeness (QED) is 0.748. The third-order valence-electron chi connectivity index (χ3n) is 4.12. The first-order valence-electron chi connectivity index (χ1n) is 7.68. The van der Waals surface area contributed by atoms with Gasteiger partial charge in [-0.2, -0.15) is 0 Å². The van der Waals surface area contributed by atoms with Gasteiger partial charge in [-0.15, -0.1) is 0 Å². The lowest BCUT2D eigenvalue weighted by Crippen LogP contribution is -2.21. The molecule has 0 aromatic heterocycles. The standard InChI is InChI=1S/C18H15Cl3N2O2/c1-9-7-10(19)5-6-14(9)22-17(24)11-8-12(11)18(25)23-15-4-2-3-13(20)16(15)21/h2-7,11-12H,8H2,1H3,(H,22,24)(H,23,25). The number of aryl methyl sites for hydroxylation is 1. The first-order valence-corrected chi connectivity index (χ1v) is 8.82. The summed E-state index contributed by atoms with van der Waals surface area (Å²) < 4.78 is 0. The SMILES string of the molecule is Cc1cc(Cl)ccc1NC(=O)C1CC1C(=O)Nc1cccc(Cl)c1Cl. The average Bonchev–Trinajstić information content (AvgIpc) is 3.35. The van der Waals surface area contributed by atoms with Gasteiger partial charge in [0.25, 0.3) is 0 Å². The van der Waals surface area contributed by atoms with E-state index in [0.717, 1.165) is 5.56 Å². The van der Waals surface area contributed by atoms with Crippen LogP contribution >= 0.6 is 34.8 Å². The van der Waals surface area contributed by atoms with Crippen molar-refractivity contribution in [2.45, 2.75) is 13.3 Å². The van der Waals surface area contributed by atoms with E-state index in [2.05, 4.69) is 10.6 Å². The molecule has 2 unspecified atom stereocenters. The second-order valence-corrected chi connectivity index (χ2v) is 7.21. The fraction of sp³-hybridized carbons (Fsp3) is 0.222. The molecule has 0 spiro atoms. The third kappa shape index (κ3) is 4.09. The van der Waals surface area contributed by atoms with Crippen LogP contribution in [0.4, 0.5) is 11.4 Å². The molecule has 2 atom stereocenters. The summed E-state index contributed by atoms with van der Waals surface area (Å²) in [5.41, 5.74) is 2.00. The highest BCUT2D eigenvalue weighted by atomic mass is 35.5. The Labute approximate surface area is 160 Å². The molecule has 2 amide bonds. The second-order valence-electron chi connectivity index (χ2n) is 5.99. The van der Waals surface area contributed by atoms with Gasteiger partial charge in [-0.05, 0) is 49.2 Å². The predicted molar refractivity (Wildman–Crippen MR) is 102 cm³/mol. The van der Waals surface area contributed by atoms with E-state index in [4.69, 9.17) is 34.8 Å². The van der Waals surface area contributed by atoms with Crippen LogP contribution in [0, 0.1) is 18.8 Å². The number of nitrogens with one attached hydrogen (secondary N) is 2. The van der Waals surface area contributed by atoms with Gasteiger partial charge in [0, 0.05) is 10.7 Å². The molecular weight excluding hydrogens is 383 g/mol. The number of amides is 2. The number of halogens is 3. The van der Waals surface area contributed by atoms with E-state index in [-0.39, 0.29) is 28.7 Å². The molecule has 0 aliphatic heterocycles. The molecule has 0 radical (unpaired) electrons. The molecule has 1 aliphatic rings. The van der Waals surface area contributed by atoms with Crippen molar-refractivity contribution in [3.05, 3.63) is 57.0 Å². The highest BCUT2D eigenvalue weighted by molar-refractivity contribution is 6.44. The summed E-state index contributed by atoms with van der Waals surface area (Å²) in [6.07, 6.45) is 0.502. The van der Waals surface area contributed by atoms with Crippen molar-refractivity contribution < 1.29 is 9.59 Å². The van der Waals surface area contributed by atoms with Gasteiger partial charge >= 0.3 is 0 Å². The smallest absolute Gasteiger partial charge is 0.228 e. The van der Waals surface area contributed by atoms with Crippen LogP contribution in [-0.2, 0) is 9.59 Å². The zero-order valence-corrected chi connectivity index (χ0v) is 15.5. The Bertz CT molecular complexity index is 854. The number of rotatable bonds is 4. The fourth-order valence-electron chi connectivity index (χ4n) is 2.59. The molecule has 130 valence electrons. The van der Waals surface area contributed by atoms with E-state index < -0.39 is 0 Å². The van der Waals surface area contributed by atoms with E-state index in [1.54, 1.807) is 36.4 Å². The van der Waals surface area contributed by atoms with Crippen molar-refractivity contribution in [3.63, 3.8) is 0 Å². The summed E-state index contributed by atoms with van der Waals surface area (Å²) in [7, 11) is 0. The normalized spacial score (nSPS) is 18.6. The molecule has 1 fully saturated rings. The van der Waals surface area contributed by atoms with Crippen molar-refractivity contribution in [3.8, 4) is 0 Å². The monoisotopic (exact) mass is 396 g/mol. The van der Waals surface area contributed by atoms with E-state index in [1.807, 2.05) is 6.92 Å². The van der Waals surface area contributed by atoms with Gasteiger partial charge in [-0.1, -0.05) is 40.9 Å². The molecule has 3 rings (SSSR count). The Balaban J connectivity index is 1.61. The lowest BCUT2D eigenvalue weighted by atomic mass is 10.2. The number of hydrogen-bond acceptors (Lipinski definition) is 2. The van der Waals surface area contributed by atoms with Crippen LogP contribution in [0.3, 0.4) is 0 Å². The summed E-state index contributed by atoms with van der Waals surface area (Å²) in [6, 6.07) is 10.2. The molecule has 1 saturated carbocycles. The zero-order chi connectivity index (χ0) is 18.1. The van der Waals surface area contributed by atoms with Crippen LogP contribution in [0.15, 0.2) is 36.4 Å². The summed E-state index contributed by atoms with van der Waals surface area (Å²) >= 11 is 17.9. The Morgan fingerprint density at radius 2 is 1.60 bits per heavy atom. The van der Waals surface area contributed by atoms with E-state index in [1.165, 1.54) is 0 Å². The van der Waals surface area contributed by atoms with Crippen LogP contribution in [0.5, 0.6) is 0 Å². The minimum absolute atomic E-state index is 0.178. The molecule has 0 heterocycles. The molecule has 2 aromatic rings. The van der Waals surface area contributed by atoms with Crippen molar-refractivity contribution in [1.82, 2.24) is 0 Å². The maximum atomic E-state index is 12.3. The molecule has 1 aliphatic carbocycles. The highest BCUT2D eigenvalue weighted by Crippen LogP contribution is 2.41. The first-order chi connectivity index (χ1) is 11.9. The summed E-state index contributed by atoms with van der Waals surface area (Å²) in [6.45, 7) is 1.86. The van der Waals surface area contributed by atoms with Crippen molar-refractivity contribution in [2.75, 3.05) is 10.6 Å². The molecule has 0 saturated heterocycles. The minimum Gasteiger partial charge on any atom is -0.326 e. The number of carbonyl (C=O) groups is 2. The van der Waals surface area contributed by atoms with Crippen LogP contribution in [0.1, 0.15) is 12.0 Å². The Morgan fingerprint density at radius 1 is 0.960 bits per heavy atom. The van der Waals surface area contributed by atoms with Gasteiger partial charge in [-0.25, -0.2) is 0 Å². The summed E-state index contributed by atoms with van der Waals surface area (Å²) in [5, 5.41) is 6.83. The molecule has 25 heavy (non-hydrogen) atoms. The summed E-state index contributed by atoms with van der Waals surface area (Å²) in [4.78, 5) is 24.6. The molecule has 0 bridgehead atoms. The van der Waals surface area contributed by atoms with Crippen molar-refractivity contribution >= 4 is 58.0 Å². The Kier molecular flexibility index (Phi) is 5.23. The molecule has 7 heteroatoms. The maximum Gasteiger partial charge on any atom is 0.228 e. The van der Waals surface area contributed by atoms with Crippen LogP contribution < -0.4 is 10.6 Å². The van der Waals surface area contributed by atoms with Crippen molar-refractivity contribution in [1.29, 1.82) is 0 Å². The van der Waals surface area contributed by atoms with E-state index >= 15 is 0 Å². The zero-order valence-electron chi connectivity index (χ0n) is 13.3. The van der Waals surface area contributed by atoms with Crippen LogP contribution in [0.2, 0.25) is 15.1 Å². The first kappa shape index (κ1) is 18.1. The van der Waals surface area contributed by atoms with E-state index in [9.17, 15) is 9.59 Å². The number of carbonyl (C=O) groups excluding carboxylic acids is 2. The number of hydrogen-bond donors (Lipinski definition) is 2. The van der Waals surface area contributed by atoms with Crippen molar-refractivity contribution in [2.24, 2.45) is 11.8 Å². The second kappa shape index (κ2) is 7.24. The average molecular weight is 398 g/mol. The minimum atomic E-state index is -0.373. The predicted octanol–water partition coefficient (Wildman–Crippen LogP) is 5.17. The van der Waals surface area contributed by atoms with Gasteiger partial charge in [0.15, 0.2) is 0 Å². The van der Waals surface area contributed by atoms with Gasteiger partial charge in [0.2, 0.25) is 11.8 Å². The highest BCUT2D eigenvalue weighted by Gasteiger charge is 2.48. The largest absolute Gasteiger partial charge is 0.326 e. The van der Waals surface area contributed by atoms with Gasteiger partial charge in [0.05, 0.1) is 27.6 Å². The Morgan fingerprint density at radius 3 is 2.24 bits per heavy atom. The lowest BCUT2D eigenvalue weighted by Gasteiger charge is -2.09. The topological polar surface area (TPSA) is 58.2 Å². The van der Waals surface area contributed by atoms with Gasteiger partial charge in [-0.3, -0.25) is 9.59 Å². The fourth-order valence-corrected chi connectivity index (χ4v) is 3.17. The van der Waals surface area contributed by atoms with Gasteiger partial charge in [0.1, 0.15) is 0 Å². The molecule has 4 nitrogen and oxygen atoms in total. The van der Waals surface area contributed by atoms with Crippen LogP contribution in [0.25, 0.3) is 0 Å². The number of anilines is 2. The van der Waals surface area contributed by atoms with E-state index in [0.29, 0.717) is 27.8 Å². The molecular formula is C18H15Cl3N2O2. The summed E-state index contributed by atoms with van der Waals surface area (Å²) in [5.74, 6) is -1.14.